The Hall–Kier alpha value is -1.43. The van der Waals surface area contributed by atoms with Crippen LogP contribution in [0.1, 0.15) is 31.4 Å². The van der Waals surface area contributed by atoms with Crippen LogP contribution in [-0.4, -0.2) is 13.7 Å². The summed E-state index contributed by atoms with van der Waals surface area (Å²) in [5.41, 5.74) is 3.65. The second-order valence-electron chi connectivity index (χ2n) is 5.36. The average molecular weight is 425 g/mol. The number of aryl methyl sites for hydroxylation is 1. The lowest BCUT2D eigenvalue weighted by Gasteiger charge is -2.15. The molecule has 0 fully saturated rings. The van der Waals surface area contributed by atoms with Crippen LogP contribution in [-0.2, 0) is 13.0 Å². The summed E-state index contributed by atoms with van der Waals surface area (Å²) >= 11 is 2.31. The molecule has 0 spiro atoms. The summed E-state index contributed by atoms with van der Waals surface area (Å²) in [6.45, 7) is 5.72. The molecule has 0 saturated heterocycles. The minimum atomic E-state index is 0.702. The molecule has 0 saturated carbocycles. The first kappa shape index (κ1) is 17.9. The van der Waals surface area contributed by atoms with Crippen LogP contribution in [0.4, 0.5) is 5.69 Å². The Labute approximate surface area is 152 Å². The molecular weight excluding hydrogens is 401 g/mol. The Morgan fingerprint density at radius 3 is 2.39 bits per heavy atom. The van der Waals surface area contributed by atoms with Gasteiger partial charge in [0.2, 0.25) is 0 Å². The van der Waals surface area contributed by atoms with Crippen molar-refractivity contribution < 1.29 is 9.47 Å². The highest BCUT2D eigenvalue weighted by atomic mass is 127. The lowest BCUT2D eigenvalue weighted by Crippen LogP contribution is -2.04. The van der Waals surface area contributed by atoms with Gasteiger partial charge in [-0.15, -0.1) is 0 Å². The van der Waals surface area contributed by atoms with E-state index in [0.29, 0.717) is 6.61 Å². The summed E-state index contributed by atoms with van der Waals surface area (Å²) in [4.78, 5) is 0. The lowest BCUT2D eigenvalue weighted by molar-refractivity contribution is 0.292. The molecule has 0 aliphatic rings. The van der Waals surface area contributed by atoms with Crippen LogP contribution < -0.4 is 14.8 Å². The SMILES string of the molecule is CCCOc1c(I)cc(CNc2ccc(CC)cc2)cc1OC. The molecule has 3 nitrogen and oxygen atoms in total. The number of anilines is 1. The van der Waals surface area contributed by atoms with Crippen molar-refractivity contribution in [2.75, 3.05) is 19.0 Å². The van der Waals surface area contributed by atoms with E-state index in [2.05, 4.69) is 72.1 Å². The van der Waals surface area contributed by atoms with Crippen molar-refractivity contribution in [3.05, 3.63) is 51.1 Å². The van der Waals surface area contributed by atoms with Crippen LogP contribution in [0.15, 0.2) is 36.4 Å². The smallest absolute Gasteiger partial charge is 0.174 e. The van der Waals surface area contributed by atoms with Gasteiger partial charge < -0.3 is 14.8 Å². The molecule has 0 amide bonds. The van der Waals surface area contributed by atoms with Crippen molar-refractivity contribution in [1.29, 1.82) is 0 Å². The van der Waals surface area contributed by atoms with Gasteiger partial charge in [-0.1, -0.05) is 26.0 Å². The minimum absolute atomic E-state index is 0.702. The van der Waals surface area contributed by atoms with Crippen LogP contribution >= 0.6 is 22.6 Å². The van der Waals surface area contributed by atoms with Gasteiger partial charge in [0.25, 0.3) is 0 Å². The fraction of sp³-hybridized carbons (Fsp3) is 0.368. The zero-order chi connectivity index (χ0) is 16.7. The van der Waals surface area contributed by atoms with Crippen molar-refractivity contribution in [3.8, 4) is 11.5 Å². The highest BCUT2D eigenvalue weighted by Crippen LogP contribution is 2.34. The van der Waals surface area contributed by atoms with Crippen molar-refractivity contribution >= 4 is 28.3 Å². The molecule has 1 N–H and O–H groups in total. The van der Waals surface area contributed by atoms with Crippen molar-refractivity contribution in [2.24, 2.45) is 0 Å². The van der Waals surface area contributed by atoms with Crippen molar-refractivity contribution in [3.63, 3.8) is 0 Å². The van der Waals surface area contributed by atoms with E-state index < -0.39 is 0 Å². The molecule has 2 rings (SSSR count). The zero-order valence-corrected chi connectivity index (χ0v) is 16.1. The monoisotopic (exact) mass is 425 g/mol. The predicted molar refractivity (Wildman–Crippen MR) is 105 cm³/mol. The summed E-state index contributed by atoms with van der Waals surface area (Å²) in [6.07, 6.45) is 2.05. The van der Waals surface area contributed by atoms with E-state index in [4.69, 9.17) is 9.47 Å². The van der Waals surface area contributed by atoms with Crippen LogP contribution in [0.2, 0.25) is 0 Å². The average Bonchev–Trinajstić information content (AvgIpc) is 2.59. The van der Waals surface area contributed by atoms with Gasteiger partial charge in [-0.25, -0.2) is 0 Å². The summed E-state index contributed by atoms with van der Waals surface area (Å²) in [6, 6.07) is 12.8. The molecule has 0 heterocycles. The number of benzene rings is 2. The van der Waals surface area contributed by atoms with Crippen LogP contribution in [0.25, 0.3) is 0 Å². The van der Waals surface area contributed by atoms with Gasteiger partial charge in [0, 0.05) is 12.2 Å². The summed E-state index contributed by atoms with van der Waals surface area (Å²) in [5.74, 6) is 1.63. The van der Waals surface area contributed by atoms with E-state index in [-0.39, 0.29) is 0 Å². The molecule has 0 unspecified atom stereocenters. The Balaban J connectivity index is 2.08. The second kappa shape index (κ2) is 9.01. The lowest BCUT2D eigenvalue weighted by atomic mass is 10.1. The number of halogens is 1. The predicted octanol–water partition coefficient (Wildman–Crippen LogP) is 5.26. The summed E-state index contributed by atoms with van der Waals surface area (Å²) < 4.78 is 12.4. The fourth-order valence-electron chi connectivity index (χ4n) is 2.28. The molecule has 0 bridgehead atoms. The number of hydrogen-bond acceptors (Lipinski definition) is 3. The maximum Gasteiger partial charge on any atom is 0.174 e. The number of nitrogens with one attached hydrogen (secondary N) is 1. The van der Waals surface area contributed by atoms with Crippen LogP contribution in [0.3, 0.4) is 0 Å². The second-order valence-corrected chi connectivity index (χ2v) is 6.52. The van der Waals surface area contributed by atoms with Crippen LogP contribution in [0.5, 0.6) is 11.5 Å². The van der Waals surface area contributed by atoms with Gasteiger partial charge in [-0.05, 0) is 70.8 Å². The maximum atomic E-state index is 5.80. The Bertz CT molecular complexity index is 626. The first-order valence-corrected chi connectivity index (χ1v) is 9.07. The summed E-state index contributed by atoms with van der Waals surface area (Å²) in [7, 11) is 1.69. The van der Waals surface area contributed by atoms with E-state index in [0.717, 1.165) is 40.1 Å². The molecule has 0 radical (unpaired) electrons. The van der Waals surface area contributed by atoms with Crippen molar-refractivity contribution in [1.82, 2.24) is 0 Å². The first-order valence-electron chi connectivity index (χ1n) is 8.00. The van der Waals surface area contributed by atoms with E-state index >= 15 is 0 Å². The van der Waals surface area contributed by atoms with E-state index in [1.807, 2.05) is 6.07 Å². The topological polar surface area (TPSA) is 30.5 Å². The third-order valence-electron chi connectivity index (χ3n) is 3.60. The molecule has 2 aromatic rings. The van der Waals surface area contributed by atoms with E-state index in [1.54, 1.807) is 7.11 Å². The first-order chi connectivity index (χ1) is 11.2. The Morgan fingerprint density at radius 1 is 1.04 bits per heavy atom. The number of methoxy groups -OCH3 is 1. The van der Waals surface area contributed by atoms with Gasteiger partial charge in [0.1, 0.15) is 0 Å². The highest BCUT2D eigenvalue weighted by molar-refractivity contribution is 14.1. The van der Waals surface area contributed by atoms with Gasteiger partial charge >= 0.3 is 0 Å². The van der Waals surface area contributed by atoms with Crippen LogP contribution in [0, 0.1) is 3.57 Å². The van der Waals surface area contributed by atoms with Gasteiger partial charge in [0.05, 0.1) is 17.3 Å². The number of hydrogen-bond donors (Lipinski definition) is 1. The molecule has 0 aliphatic carbocycles. The quantitative estimate of drug-likeness (QED) is 0.585. The van der Waals surface area contributed by atoms with Gasteiger partial charge in [0.15, 0.2) is 11.5 Å². The molecule has 124 valence electrons. The number of rotatable bonds is 8. The van der Waals surface area contributed by atoms with E-state index in [1.165, 1.54) is 11.1 Å². The van der Waals surface area contributed by atoms with E-state index in [9.17, 15) is 0 Å². The third-order valence-corrected chi connectivity index (χ3v) is 4.40. The van der Waals surface area contributed by atoms with Gasteiger partial charge in [-0.2, -0.15) is 0 Å². The van der Waals surface area contributed by atoms with Crippen molar-refractivity contribution in [2.45, 2.75) is 33.2 Å². The molecule has 0 atom stereocenters. The molecule has 2 aromatic carbocycles. The zero-order valence-electron chi connectivity index (χ0n) is 14.0. The molecular formula is C19H24INO2. The summed E-state index contributed by atoms with van der Waals surface area (Å²) in [5, 5.41) is 3.45. The Kier molecular flexibility index (Phi) is 7.02. The molecule has 4 heteroatoms. The largest absolute Gasteiger partial charge is 0.493 e. The normalized spacial score (nSPS) is 10.4. The molecule has 0 aromatic heterocycles. The minimum Gasteiger partial charge on any atom is -0.493 e. The third kappa shape index (κ3) is 5.03. The maximum absolute atomic E-state index is 5.80. The fourth-order valence-corrected chi connectivity index (χ4v) is 3.10. The number of ether oxygens (including phenoxy) is 2. The molecule has 0 aliphatic heterocycles. The molecule has 23 heavy (non-hydrogen) atoms. The Morgan fingerprint density at radius 2 is 1.78 bits per heavy atom. The highest BCUT2D eigenvalue weighted by Gasteiger charge is 2.11. The van der Waals surface area contributed by atoms with Gasteiger partial charge in [-0.3, -0.25) is 0 Å². The standard InChI is InChI=1S/C19H24INO2/c1-4-10-23-19-17(20)11-15(12-18(19)22-3)13-21-16-8-6-14(5-2)7-9-16/h6-9,11-12,21H,4-5,10,13H2,1-3H3.